The highest BCUT2D eigenvalue weighted by molar-refractivity contribution is 14.0. The Balaban J connectivity index is 0.00000480. The van der Waals surface area contributed by atoms with Crippen LogP contribution in [0.15, 0.2) is 29.3 Å². The average molecular weight is 567 g/mol. The van der Waals surface area contributed by atoms with Crippen LogP contribution in [0.25, 0.3) is 0 Å². The number of piperidine rings is 1. The van der Waals surface area contributed by atoms with E-state index in [4.69, 9.17) is 9.73 Å². The number of halogens is 1. The molecule has 2 N–H and O–H groups in total. The molecule has 1 fully saturated rings. The first-order valence-electron chi connectivity index (χ1n) is 10.8. The number of benzene rings is 1. The maximum absolute atomic E-state index is 11.4. The minimum absolute atomic E-state index is 0. The number of methoxy groups -OCH3 is 1. The van der Waals surface area contributed by atoms with Gasteiger partial charge >= 0.3 is 0 Å². The van der Waals surface area contributed by atoms with Crippen molar-refractivity contribution >= 4 is 39.8 Å². The normalized spacial score (nSPS) is 21.1. The Hall–Kier alpha value is -1.07. The number of hydrogen-bond donors (Lipinski definition) is 2. The molecule has 1 aromatic carbocycles. The summed E-state index contributed by atoms with van der Waals surface area (Å²) in [5.74, 6) is 2.21. The van der Waals surface area contributed by atoms with Crippen LogP contribution in [0.2, 0.25) is 0 Å². The van der Waals surface area contributed by atoms with Crippen LogP contribution in [0.4, 0.5) is 0 Å². The molecule has 178 valence electrons. The summed E-state index contributed by atoms with van der Waals surface area (Å²) in [5.41, 5.74) is 1.29. The second-order valence-electron chi connectivity index (χ2n) is 8.28. The molecule has 3 unspecified atom stereocenters. The molecule has 2 rings (SSSR count). The van der Waals surface area contributed by atoms with E-state index in [0.29, 0.717) is 18.4 Å². The number of nitrogens with zero attached hydrogens (tertiary/aromatic N) is 2. The number of aliphatic imine (C=N–C) groups is 1. The fourth-order valence-electron chi connectivity index (χ4n) is 4.00. The minimum atomic E-state index is -2.96. The van der Waals surface area contributed by atoms with Crippen molar-refractivity contribution in [2.24, 2.45) is 10.9 Å². The number of ether oxygens (including phenoxy) is 1. The van der Waals surface area contributed by atoms with E-state index in [1.54, 1.807) is 7.11 Å². The second-order valence-corrected chi connectivity index (χ2v) is 10.5. The molecule has 0 aliphatic carbocycles. The van der Waals surface area contributed by atoms with Crippen molar-refractivity contribution in [3.63, 3.8) is 0 Å². The van der Waals surface area contributed by atoms with Crippen molar-refractivity contribution in [1.29, 1.82) is 0 Å². The van der Waals surface area contributed by atoms with Gasteiger partial charge in [-0.05, 0) is 70.3 Å². The summed E-state index contributed by atoms with van der Waals surface area (Å²) < 4.78 is 28.2. The van der Waals surface area contributed by atoms with E-state index in [1.165, 1.54) is 11.8 Å². The zero-order chi connectivity index (χ0) is 22.1. The summed E-state index contributed by atoms with van der Waals surface area (Å²) in [6.07, 6.45) is 4.13. The van der Waals surface area contributed by atoms with Crippen LogP contribution in [0.1, 0.15) is 44.7 Å². The second kappa shape index (κ2) is 13.5. The zero-order valence-electron chi connectivity index (χ0n) is 19.4. The molecule has 9 heteroatoms. The molecule has 1 aromatic rings. The Labute approximate surface area is 205 Å². The predicted molar refractivity (Wildman–Crippen MR) is 139 cm³/mol. The van der Waals surface area contributed by atoms with E-state index in [2.05, 4.69) is 34.7 Å². The standard InChI is InChI=1S/C22H38N4O3S.HI/c1-6-23-22(25-17(2)13-15-30(5,27)28)24-16-19-8-7-14-26(3)21(19)18-9-11-20(29-4)12-10-18;/h9-12,17,19,21H,6-8,13-16H2,1-5H3,(H2,23,24,25);1H. The quantitative estimate of drug-likeness (QED) is 0.272. The molecule has 3 atom stereocenters. The van der Waals surface area contributed by atoms with Crippen molar-refractivity contribution < 1.29 is 13.2 Å². The number of hydrogen-bond acceptors (Lipinski definition) is 5. The van der Waals surface area contributed by atoms with Crippen LogP contribution in [-0.4, -0.2) is 71.1 Å². The van der Waals surface area contributed by atoms with E-state index >= 15 is 0 Å². The summed E-state index contributed by atoms with van der Waals surface area (Å²) in [4.78, 5) is 7.28. The highest BCUT2D eigenvalue weighted by atomic mass is 127. The van der Waals surface area contributed by atoms with Crippen LogP contribution >= 0.6 is 24.0 Å². The molecule has 1 heterocycles. The summed E-state index contributed by atoms with van der Waals surface area (Å²) in [7, 11) is 0.907. The highest BCUT2D eigenvalue weighted by Crippen LogP contribution is 2.35. The molecule has 1 aliphatic rings. The molecule has 0 radical (unpaired) electrons. The Morgan fingerprint density at radius 1 is 1.32 bits per heavy atom. The molecule has 0 spiro atoms. The van der Waals surface area contributed by atoms with Gasteiger partial charge in [0.25, 0.3) is 0 Å². The van der Waals surface area contributed by atoms with E-state index in [9.17, 15) is 8.42 Å². The molecule has 0 saturated carbocycles. The van der Waals surface area contributed by atoms with E-state index < -0.39 is 9.84 Å². The fourth-order valence-corrected chi connectivity index (χ4v) is 4.79. The van der Waals surface area contributed by atoms with Gasteiger partial charge in [-0.1, -0.05) is 12.1 Å². The third-order valence-electron chi connectivity index (χ3n) is 5.60. The lowest BCUT2D eigenvalue weighted by atomic mass is 9.85. The smallest absolute Gasteiger partial charge is 0.191 e. The first kappa shape index (κ1) is 28.0. The summed E-state index contributed by atoms with van der Waals surface area (Å²) >= 11 is 0. The monoisotopic (exact) mass is 566 g/mol. The first-order valence-corrected chi connectivity index (χ1v) is 12.9. The average Bonchev–Trinajstić information content (AvgIpc) is 2.70. The van der Waals surface area contributed by atoms with Crippen molar-refractivity contribution in [2.75, 3.05) is 45.8 Å². The van der Waals surface area contributed by atoms with Gasteiger partial charge in [0.2, 0.25) is 0 Å². The SMILES string of the molecule is CCNC(=NCC1CCCN(C)C1c1ccc(OC)cc1)NC(C)CCS(C)(=O)=O.I. The molecule has 31 heavy (non-hydrogen) atoms. The lowest BCUT2D eigenvalue weighted by molar-refractivity contribution is 0.125. The Morgan fingerprint density at radius 2 is 2.00 bits per heavy atom. The number of rotatable bonds is 9. The van der Waals surface area contributed by atoms with E-state index in [-0.39, 0.29) is 35.8 Å². The fraction of sp³-hybridized carbons (Fsp3) is 0.682. The minimum Gasteiger partial charge on any atom is -0.497 e. The zero-order valence-corrected chi connectivity index (χ0v) is 22.6. The van der Waals surface area contributed by atoms with Crippen LogP contribution in [0.3, 0.4) is 0 Å². The first-order chi connectivity index (χ1) is 14.2. The largest absolute Gasteiger partial charge is 0.497 e. The van der Waals surface area contributed by atoms with Gasteiger partial charge in [-0.2, -0.15) is 0 Å². The van der Waals surface area contributed by atoms with Gasteiger partial charge in [0, 0.05) is 31.4 Å². The third-order valence-corrected chi connectivity index (χ3v) is 6.57. The number of guanidine groups is 1. The predicted octanol–water partition coefficient (Wildman–Crippen LogP) is 3.07. The Bertz CT molecular complexity index is 786. The van der Waals surface area contributed by atoms with Crippen molar-refractivity contribution in [3.8, 4) is 5.75 Å². The van der Waals surface area contributed by atoms with E-state index in [1.807, 2.05) is 26.0 Å². The van der Waals surface area contributed by atoms with Gasteiger partial charge in [-0.25, -0.2) is 8.42 Å². The molecule has 1 saturated heterocycles. The number of nitrogens with one attached hydrogen (secondary N) is 2. The Kier molecular flexibility index (Phi) is 12.2. The van der Waals surface area contributed by atoms with Gasteiger partial charge in [0.15, 0.2) is 5.96 Å². The lowest BCUT2D eigenvalue weighted by Crippen LogP contribution is -2.43. The molecule has 0 bridgehead atoms. The molecular formula is C22H39IN4O3S. The summed E-state index contributed by atoms with van der Waals surface area (Å²) in [6, 6.07) is 8.70. The van der Waals surface area contributed by atoms with Crippen LogP contribution < -0.4 is 15.4 Å². The summed E-state index contributed by atoms with van der Waals surface area (Å²) in [6.45, 7) is 6.59. The van der Waals surface area contributed by atoms with Gasteiger partial charge in [-0.15, -0.1) is 24.0 Å². The van der Waals surface area contributed by atoms with Gasteiger partial charge in [-0.3, -0.25) is 9.89 Å². The highest BCUT2D eigenvalue weighted by Gasteiger charge is 2.30. The number of sulfone groups is 1. The molecule has 0 amide bonds. The maximum Gasteiger partial charge on any atom is 0.191 e. The van der Waals surface area contributed by atoms with Crippen molar-refractivity contribution in [1.82, 2.24) is 15.5 Å². The molecule has 1 aliphatic heterocycles. The van der Waals surface area contributed by atoms with Gasteiger partial charge < -0.3 is 15.4 Å². The van der Waals surface area contributed by atoms with Gasteiger partial charge in [0.1, 0.15) is 15.6 Å². The summed E-state index contributed by atoms with van der Waals surface area (Å²) in [5, 5.41) is 6.65. The Morgan fingerprint density at radius 3 is 2.58 bits per heavy atom. The molecular weight excluding hydrogens is 527 g/mol. The van der Waals surface area contributed by atoms with Crippen molar-refractivity contribution in [3.05, 3.63) is 29.8 Å². The topological polar surface area (TPSA) is 83.0 Å². The van der Waals surface area contributed by atoms with E-state index in [0.717, 1.165) is 44.2 Å². The van der Waals surface area contributed by atoms with Crippen LogP contribution in [-0.2, 0) is 9.84 Å². The van der Waals surface area contributed by atoms with Crippen molar-refractivity contribution in [2.45, 2.75) is 45.2 Å². The number of likely N-dealkylation sites (tertiary alicyclic amines) is 1. The van der Waals surface area contributed by atoms with Gasteiger partial charge in [0.05, 0.1) is 12.9 Å². The third kappa shape index (κ3) is 9.53. The molecule has 7 nitrogen and oxygen atoms in total. The lowest BCUT2D eigenvalue weighted by Gasteiger charge is -2.39. The van der Waals surface area contributed by atoms with Crippen LogP contribution in [0, 0.1) is 5.92 Å². The maximum atomic E-state index is 11.4. The van der Waals surface area contributed by atoms with Crippen LogP contribution in [0.5, 0.6) is 5.75 Å². The molecule has 0 aromatic heterocycles.